The molecule has 0 saturated carbocycles. The maximum Gasteiger partial charge on any atom is 0.182 e. The molecule has 5 heteroatoms. The molecule has 1 rings (SSSR count). The van der Waals surface area contributed by atoms with E-state index in [0.717, 1.165) is 18.2 Å². The van der Waals surface area contributed by atoms with Gasteiger partial charge in [-0.2, -0.15) is 0 Å². The fourth-order valence-electron chi connectivity index (χ4n) is 1.11. The van der Waals surface area contributed by atoms with Crippen LogP contribution in [0.25, 0.3) is 0 Å². The van der Waals surface area contributed by atoms with E-state index in [4.69, 9.17) is 36.7 Å². The van der Waals surface area contributed by atoms with Gasteiger partial charge in [0.25, 0.3) is 0 Å². The standard InChI is InChI=1S/C7H10N2S3/c1-3-8-5(10)6(11)9(4-2)7(8)12/h3-4H2,1-2H3. The second kappa shape index (κ2) is 3.72. The molecule has 0 aromatic rings. The van der Waals surface area contributed by atoms with Gasteiger partial charge in [0.1, 0.15) is 9.98 Å². The molecule has 1 aliphatic rings. The third-order valence-electron chi connectivity index (χ3n) is 1.77. The molecule has 12 heavy (non-hydrogen) atoms. The summed E-state index contributed by atoms with van der Waals surface area (Å²) in [5.41, 5.74) is 0. The second-order valence-corrected chi connectivity index (χ2v) is 3.52. The molecule has 1 aliphatic heterocycles. The van der Waals surface area contributed by atoms with Gasteiger partial charge in [-0.3, -0.25) is 0 Å². The molecule has 0 atom stereocenters. The highest BCUT2D eigenvalue weighted by atomic mass is 32.1. The quantitative estimate of drug-likeness (QED) is 0.647. The fraction of sp³-hybridized carbons (Fsp3) is 0.571. The summed E-state index contributed by atoms with van der Waals surface area (Å²) in [6.07, 6.45) is 0. The van der Waals surface area contributed by atoms with Crippen LogP contribution in [0.5, 0.6) is 0 Å². The molecule has 1 fully saturated rings. The van der Waals surface area contributed by atoms with Gasteiger partial charge in [0, 0.05) is 13.1 Å². The summed E-state index contributed by atoms with van der Waals surface area (Å²) in [6.45, 7) is 5.63. The van der Waals surface area contributed by atoms with E-state index in [1.54, 1.807) is 0 Å². The first-order chi connectivity index (χ1) is 5.63. The van der Waals surface area contributed by atoms with Crippen molar-refractivity contribution < 1.29 is 0 Å². The van der Waals surface area contributed by atoms with Crippen LogP contribution in [-0.4, -0.2) is 38.0 Å². The highest BCUT2D eigenvalue weighted by Crippen LogP contribution is 2.14. The van der Waals surface area contributed by atoms with Crippen LogP contribution in [0.1, 0.15) is 13.8 Å². The molecule has 66 valence electrons. The van der Waals surface area contributed by atoms with Crippen molar-refractivity contribution in [1.82, 2.24) is 9.80 Å². The first-order valence-corrected chi connectivity index (χ1v) is 5.03. The Morgan fingerprint density at radius 3 is 1.42 bits per heavy atom. The predicted molar refractivity (Wildman–Crippen MR) is 62.6 cm³/mol. The molecule has 1 saturated heterocycles. The summed E-state index contributed by atoms with van der Waals surface area (Å²) in [5.74, 6) is 0. The van der Waals surface area contributed by atoms with Gasteiger partial charge in [0.2, 0.25) is 0 Å². The molecule has 0 aliphatic carbocycles. The van der Waals surface area contributed by atoms with Crippen LogP contribution in [0.15, 0.2) is 0 Å². The van der Waals surface area contributed by atoms with Gasteiger partial charge < -0.3 is 9.80 Å². The molecule has 2 nitrogen and oxygen atoms in total. The van der Waals surface area contributed by atoms with Crippen LogP contribution in [0.3, 0.4) is 0 Å². The molecule has 0 amide bonds. The third-order valence-corrected chi connectivity index (χ3v) is 3.16. The number of thiocarbonyl (C=S) groups is 3. The lowest BCUT2D eigenvalue weighted by molar-refractivity contribution is 0.586. The van der Waals surface area contributed by atoms with Crippen LogP contribution in [0.2, 0.25) is 0 Å². The minimum Gasteiger partial charge on any atom is -0.307 e. The Bertz CT molecular complexity index is 225. The van der Waals surface area contributed by atoms with Gasteiger partial charge in [-0.25, -0.2) is 0 Å². The normalized spacial score (nSPS) is 18.0. The van der Waals surface area contributed by atoms with Gasteiger partial charge >= 0.3 is 0 Å². The van der Waals surface area contributed by atoms with Crippen LogP contribution in [0.4, 0.5) is 0 Å². The van der Waals surface area contributed by atoms with Crippen molar-refractivity contribution in [1.29, 1.82) is 0 Å². The fourth-order valence-corrected chi connectivity index (χ4v) is 2.32. The van der Waals surface area contributed by atoms with E-state index in [-0.39, 0.29) is 0 Å². The van der Waals surface area contributed by atoms with Crippen molar-refractivity contribution in [2.24, 2.45) is 0 Å². The minimum atomic E-state index is 0.694. The molecule has 0 radical (unpaired) electrons. The third kappa shape index (κ3) is 1.36. The highest BCUT2D eigenvalue weighted by Gasteiger charge is 2.32. The molecule has 0 unspecified atom stereocenters. The maximum absolute atomic E-state index is 5.19. The smallest absolute Gasteiger partial charge is 0.182 e. The molecule has 1 heterocycles. The van der Waals surface area contributed by atoms with Crippen molar-refractivity contribution >= 4 is 51.7 Å². The zero-order valence-corrected chi connectivity index (χ0v) is 9.48. The molecule has 0 spiro atoms. The van der Waals surface area contributed by atoms with E-state index in [1.807, 2.05) is 23.6 Å². The number of likely N-dealkylation sites (N-methyl/N-ethyl adjacent to an activating group) is 2. The predicted octanol–water partition coefficient (Wildman–Crippen LogP) is 1.58. The van der Waals surface area contributed by atoms with Crippen LogP contribution in [0, 0.1) is 0 Å². The Labute approximate surface area is 88.5 Å². The lowest BCUT2D eigenvalue weighted by Crippen LogP contribution is -2.32. The van der Waals surface area contributed by atoms with E-state index >= 15 is 0 Å². The lowest BCUT2D eigenvalue weighted by atomic mass is 10.5. The monoisotopic (exact) mass is 218 g/mol. The van der Waals surface area contributed by atoms with Crippen molar-refractivity contribution in [3.8, 4) is 0 Å². The molecule has 0 N–H and O–H groups in total. The zero-order chi connectivity index (χ0) is 9.30. The van der Waals surface area contributed by atoms with E-state index < -0.39 is 0 Å². The van der Waals surface area contributed by atoms with Crippen LogP contribution in [-0.2, 0) is 0 Å². The van der Waals surface area contributed by atoms with Gasteiger partial charge in [-0.15, -0.1) is 0 Å². The Morgan fingerprint density at radius 2 is 1.25 bits per heavy atom. The van der Waals surface area contributed by atoms with E-state index in [0.29, 0.717) is 9.98 Å². The largest absolute Gasteiger partial charge is 0.307 e. The van der Waals surface area contributed by atoms with E-state index in [9.17, 15) is 0 Å². The van der Waals surface area contributed by atoms with Gasteiger partial charge in [-0.1, -0.05) is 24.4 Å². The highest BCUT2D eigenvalue weighted by molar-refractivity contribution is 7.90. The molecular weight excluding hydrogens is 208 g/mol. The molecule has 0 bridgehead atoms. The van der Waals surface area contributed by atoms with E-state index in [1.165, 1.54) is 0 Å². The molecular formula is C7H10N2S3. The molecule has 0 aromatic heterocycles. The summed E-state index contributed by atoms with van der Waals surface area (Å²) in [5, 5.41) is 0.745. The Balaban J connectivity index is 2.93. The van der Waals surface area contributed by atoms with Gasteiger partial charge in [0.05, 0.1) is 0 Å². The first-order valence-electron chi connectivity index (χ1n) is 3.80. The topological polar surface area (TPSA) is 6.48 Å². The van der Waals surface area contributed by atoms with E-state index in [2.05, 4.69) is 0 Å². The maximum atomic E-state index is 5.19. The summed E-state index contributed by atoms with van der Waals surface area (Å²) in [6, 6.07) is 0. The van der Waals surface area contributed by atoms with Crippen molar-refractivity contribution in [2.75, 3.05) is 13.1 Å². The van der Waals surface area contributed by atoms with Crippen molar-refractivity contribution in [3.63, 3.8) is 0 Å². The van der Waals surface area contributed by atoms with Crippen molar-refractivity contribution in [2.45, 2.75) is 13.8 Å². The Hall–Kier alpha value is -0.130. The van der Waals surface area contributed by atoms with Crippen molar-refractivity contribution in [3.05, 3.63) is 0 Å². The van der Waals surface area contributed by atoms with Crippen LogP contribution < -0.4 is 0 Å². The summed E-state index contributed by atoms with van der Waals surface area (Å²) in [7, 11) is 0. The summed E-state index contributed by atoms with van der Waals surface area (Å²) >= 11 is 15.5. The summed E-state index contributed by atoms with van der Waals surface area (Å²) < 4.78 is 0. The Morgan fingerprint density at radius 1 is 0.917 bits per heavy atom. The average molecular weight is 218 g/mol. The zero-order valence-electron chi connectivity index (χ0n) is 7.03. The molecule has 0 aromatic carbocycles. The number of hydrogen-bond donors (Lipinski definition) is 0. The minimum absolute atomic E-state index is 0.694. The lowest BCUT2D eigenvalue weighted by Gasteiger charge is -2.16. The average Bonchev–Trinajstić information content (AvgIpc) is 2.25. The number of hydrogen-bond acceptors (Lipinski definition) is 3. The number of nitrogens with zero attached hydrogens (tertiary/aromatic N) is 2. The second-order valence-electron chi connectivity index (χ2n) is 2.38. The Kier molecular flexibility index (Phi) is 3.09. The van der Waals surface area contributed by atoms with Gasteiger partial charge in [0.15, 0.2) is 5.11 Å². The first kappa shape index (κ1) is 9.95. The van der Waals surface area contributed by atoms with Crippen LogP contribution >= 0.6 is 36.7 Å². The summed E-state index contributed by atoms with van der Waals surface area (Å²) in [4.78, 5) is 5.16. The SMILES string of the molecule is CCN1C(=S)C(=S)N(CC)C1=S. The number of rotatable bonds is 2. The van der Waals surface area contributed by atoms with Gasteiger partial charge in [-0.05, 0) is 26.1 Å².